The van der Waals surface area contributed by atoms with E-state index in [-0.39, 0.29) is 0 Å². The fourth-order valence-electron chi connectivity index (χ4n) is 1.21. The summed E-state index contributed by atoms with van der Waals surface area (Å²) in [6.45, 7) is -3.41. The van der Waals surface area contributed by atoms with Crippen LogP contribution in [0.2, 0.25) is 0 Å². The van der Waals surface area contributed by atoms with Gasteiger partial charge in [0.2, 0.25) is 0 Å². The zero-order valence-corrected chi connectivity index (χ0v) is 7.23. The first-order chi connectivity index (χ1) is 6.73. The van der Waals surface area contributed by atoms with Crippen molar-refractivity contribution >= 4 is 12.2 Å². The van der Waals surface area contributed by atoms with Crippen LogP contribution < -0.4 is 5.46 Å². The molecular weight excluding hydrogens is 221 g/mol. The Balaban J connectivity index is 3.15. The molecule has 0 saturated heterocycles. The second-order valence-corrected chi connectivity index (χ2v) is 2.93. The Labute approximate surface area is 82.0 Å². The summed E-state index contributed by atoms with van der Waals surface area (Å²) in [5.41, 5.74) is -0.794. The van der Waals surface area contributed by atoms with Crippen LogP contribution >= 0.6 is 0 Å². The zero-order valence-electron chi connectivity index (χ0n) is 7.23. The predicted octanol–water partition coefficient (Wildman–Crippen LogP) is 2.59. The normalized spacial score (nSPS) is 12.7. The molecule has 0 aliphatic heterocycles. The third-order valence-corrected chi connectivity index (χ3v) is 1.79. The van der Waals surface area contributed by atoms with Crippen LogP contribution in [0.5, 0.6) is 0 Å². The molecule has 0 radical (unpaired) electrons. The van der Waals surface area contributed by atoms with Gasteiger partial charge in [-0.05, 0) is 0 Å². The minimum atomic E-state index is -5.32. The van der Waals surface area contributed by atoms with Crippen molar-refractivity contribution < 1.29 is 26.3 Å². The lowest BCUT2D eigenvalue weighted by Gasteiger charge is -2.19. The van der Waals surface area contributed by atoms with Crippen LogP contribution in [0.15, 0.2) is 30.3 Å². The van der Waals surface area contributed by atoms with Crippen molar-refractivity contribution in [1.82, 2.24) is 0 Å². The van der Waals surface area contributed by atoms with Crippen LogP contribution in [0, 0.1) is 0 Å². The van der Waals surface area contributed by atoms with E-state index in [0.29, 0.717) is 0 Å². The van der Waals surface area contributed by atoms with Gasteiger partial charge in [0.15, 0.2) is 0 Å². The molecule has 15 heavy (non-hydrogen) atoms. The molecule has 0 spiro atoms. The quantitative estimate of drug-likeness (QED) is 0.509. The third-order valence-electron chi connectivity index (χ3n) is 1.79. The highest BCUT2D eigenvalue weighted by atomic mass is 19.4. The van der Waals surface area contributed by atoms with Crippen molar-refractivity contribution in [3.63, 3.8) is 0 Å². The van der Waals surface area contributed by atoms with Gasteiger partial charge in [0.1, 0.15) is 0 Å². The van der Waals surface area contributed by atoms with Gasteiger partial charge < -0.3 is 0 Å². The molecule has 1 aromatic carbocycles. The summed E-state index contributed by atoms with van der Waals surface area (Å²) in [5.74, 6) is 0. The number of benzene rings is 1. The van der Waals surface area contributed by atoms with E-state index in [1.54, 1.807) is 0 Å². The van der Waals surface area contributed by atoms with Crippen molar-refractivity contribution in [2.24, 2.45) is 0 Å². The van der Waals surface area contributed by atoms with Gasteiger partial charge in [0.05, 0.1) is 0 Å². The smallest absolute Gasteiger partial charge is 0.181 e. The van der Waals surface area contributed by atoms with Crippen LogP contribution in [-0.2, 0) is 0 Å². The Bertz CT molecular complexity index is 300. The first-order valence-corrected chi connectivity index (χ1v) is 3.91. The molecule has 0 fully saturated rings. The highest BCUT2D eigenvalue weighted by Gasteiger charge is 2.62. The molecule has 0 saturated carbocycles. The van der Waals surface area contributed by atoms with E-state index in [1.807, 2.05) is 0 Å². The zero-order chi connectivity index (χ0) is 11.7. The third kappa shape index (κ3) is 2.90. The van der Waals surface area contributed by atoms with Gasteiger partial charge in [-0.1, -0.05) is 35.8 Å². The Hall–Kier alpha value is -1.14. The van der Waals surface area contributed by atoms with Crippen molar-refractivity contribution in [3.8, 4) is 0 Å². The highest BCUT2D eigenvalue weighted by Crippen LogP contribution is 2.31. The van der Waals surface area contributed by atoms with E-state index < -0.39 is 24.3 Å². The van der Waals surface area contributed by atoms with Crippen LogP contribution in [0.25, 0.3) is 0 Å². The molecule has 1 aromatic rings. The maximum atomic E-state index is 12.2. The summed E-state index contributed by atoms with van der Waals surface area (Å²) < 4.78 is 73.1. The molecule has 0 heterocycles. The van der Waals surface area contributed by atoms with Gasteiger partial charge in [0, 0.05) is 0 Å². The number of halogens is 6. The lowest BCUT2D eigenvalue weighted by Crippen LogP contribution is -2.55. The molecule has 0 bridgehead atoms. The van der Waals surface area contributed by atoms with Gasteiger partial charge in [-0.3, -0.25) is 0 Å². The molecule has 0 amide bonds. The van der Waals surface area contributed by atoms with Gasteiger partial charge in [-0.15, -0.1) is 0 Å². The predicted molar refractivity (Wildman–Crippen MR) is 43.9 cm³/mol. The number of hydrogen-bond acceptors (Lipinski definition) is 0. The molecule has 82 valence electrons. The summed E-state index contributed by atoms with van der Waals surface area (Å²) in [6, 6.07) is 5.25. The number of rotatable bonds is 1. The second-order valence-electron chi connectivity index (χ2n) is 2.93. The maximum Gasteiger partial charge on any atom is 0.432 e. The van der Waals surface area contributed by atoms with Crippen LogP contribution in [-0.4, -0.2) is 18.9 Å². The maximum absolute atomic E-state index is 12.2. The van der Waals surface area contributed by atoms with Crippen molar-refractivity contribution in [2.45, 2.75) is 12.2 Å². The molecule has 0 nitrogen and oxygen atoms in total. The van der Waals surface area contributed by atoms with Crippen molar-refractivity contribution in [1.29, 1.82) is 0 Å². The van der Waals surface area contributed by atoms with E-state index in [1.165, 1.54) is 6.07 Å². The monoisotopic (exact) mass is 226 g/mol. The fraction of sp³-hybridized carbons (Fsp3) is 0.250. The minimum absolute atomic E-state index is 0.794. The largest absolute Gasteiger partial charge is 0.432 e. The summed E-state index contributed by atoms with van der Waals surface area (Å²) >= 11 is 0. The highest BCUT2D eigenvalue weighted by molar-refractivity contribution is 6.76. The van der Waals surface area contributed by atoms with Gasteiger partial charge >= 0.3 is 18.9 Å². The van der Waals surface area contributed by atoms with Crippen LogP contribution in [0.4, 0.5) is 26.3 Å². The molecule has 1 rings (SSSR count). The number of hydrogen-bond donors (Lipinski definition) is 0. The average molecular weight is 226 g/mol. The molecule has 0 atom stereocenters. The van der Waals surface area contributed by atoms with Gasteiger partial charge in [-0.25, -0.2) is 0 Å². The van der Waals surface area contributed by atoms with E-state index in [0.717, 1.165) is 24.3 Å². The minimum Gasteiger partial charge on any atom is -0.181 e. The summed E-state index contributed by atoms with van der Waals surface area (Å²) in [6.07, 6.45) is -10.6. The summed E-state index contributed by atoms with van der Waals surface area (Å²) in [5, 5.41) is 0. The Morgan fingerprint density at radius 2 is 1.13 bits per heavy atom. The molecule has 0 N–H and O–H groups in total. The van der Waals surface area contributed by atoms with E-state index in [2.05, 4.69) is 0 Å². The average Bonchev–Trinajstić information content (AvgIpc) is 2.00. The number of alkyl halides is 6. The molecular formula is C8H5BF6. The first kappa shape index (κ1) is 11.9. The van der Waals surface area contributed by atoms with Gasteiger partial charge in [0.25, 0.3) is 0 Å². The van der Waals surface area contributed by atoms with Crippen LogP contribution in [0.1, 0.15) is 0 Å². The Morgan fingerprint density at radius 1 is 0.733 bits per heavy atom. The second kappa shape index (κ2) is 3.79. The standard InChI is InChI=1S/C8H5BF6/c10-7(11,12)9(8(13,14)15)6-4-2-1-3-5-6/h1-5H. The molecule has 0 unspecified atom stereocenters. The lowest BCUT2D eigenvalue weighted by atomic mass is 9.43. The van der Waals surface area contributed by atoms with E-state index in [9.17, 15) is 26.3 Å². The van der Waals surface area contributed by atoms with Gasteiger partial charge in [-0.2, -0.15) is 26.3 Å². The van der Waals surface area contributed by atoms with Crippen molar-refractivity contribution in [3.05, 3.63) is 30.3 Å². The SMILES string of the molecule is FC(F)(F)B(c1ccccc1)C(F)(F)F. The summed E-state index contributed by atoms with van der Waals surface area (Å²) in [7, 11) is 0. The fourth-order valence-corrected chi connectivity index (χ4v) is 1.21. The molecule has 0 aliphatic rings. The molecule has 0 aliphatic carbocycles. The van der Waals surface area contributed by atoms with Crippen molar-refractivity contribution in [2.75, 3.05) is 0 Å². The topological polar surface area (TPSA) is 0 Å². The molecule has 0 aromatic heterocycles. The first-order valence-electron chi connectivity index (χ1n) is 3.91. The van der Waals surface area contributed by atoms with E-state index in [4.69, 9.17) is 0 Å². The summed E-state index contributed by atoms with van der Waals surface area (Å²) in [4.78, 5) is 0. The molecule has 7 heteroatoms. The Kier molecular flexibility index (Phi) is 3.01. The lowest BCUT2D eigenvalue weighted by molar-refractivity contribution is -0.101. The van der Waals surface area contributed by atoms with Crippen LogP contribution in [0.3, 0.4) is 0 Å². The Morgan fingerprint density at radius 3 is 1.47 bits per heavy atom. The van der Waals surface area contributed by atoms with E-state index >= 15 is 0 Å².